The van der Waals surface area contributed by atoms with Gasteiger partial charge in [0.2, 0.25) is 0 Å². The Labute approximate surface area is 97.9 Å². The van der Waals surface area contributed by atoms with E-state index in [4.69, 9.17) is 0 Å². The van der Waals surface area contributed by atoms with Crippen LogP contribution in [0.1, 0.15) is 25.8 Å². The highest BCUT2D eigenvalue weighted by Crippen LogP contribution is 2.32. The van der Waals surface area contributed by atoms with Crippen molar-refractivity contribution in [3.63, 3.8) is 0 Å². The Morgan fingerprint density at radius 1 is 1.38 bits per heavy atom. The van der Waals surface area contributed by atoms with Crippen LogP contribution in [0.2, 0.25) is 0 Å². The average molecular weight is 219 g/mol. The Hall–Kier alpha value is -1.02. The van der Waals surface area contributed by atoms with Crippen molar-refractivity contribution in [2.45, 2.75) is 33.3 Å². The summed E-state index contributed by atoms with van der Waals surface area (Å²) >= 11 is 0. The van der Waals surface area contributed by atoms with Crippen molar-refractivity contribution in [1.29, 1.82) is 0 Å². The molecule has 1 aliphatic heterocycles. The number of β-amino-alcohol motifs (C(OH)–C–C–N with tert-alkyl or cyclic N) is 1. The van der Waals surface area contributed by atoms with Gasteiger partial charge >= 0.3 is 0 Å². The van der Waals surface area contributed by atoms with Gasteiger partial charge in [0.15, 0.2) is 0 Å². The minimum absolute atomic E-state index is 0.0559. The van der Waals surface area contributed by atoms with E-state index < -0.39 is 0 Å². The zero-order valence-electron chi connectivity index (χ0n) is 10.4. The molecule has 16 heavy (non-hydrogen) atoms. The average Bonchev–Trinajstić information content (AvgIpc) is 2.22. The highest BCUT2D eigenvalue weighted by Gasteiger charge is 2.34. The van der Waals surface area contributed by atoms with Crippen LogP contribution in [-0.2, 0) is 0 Å². The quantitative estimate of drug-likeness (QED) is 0.784. The predicted octanol–water partition coefficient (Wildman–Crippen LogP) is 2.59. The van der Waals surface area contributed by atoms with E-state index in [9.17, 15) is 5.11 Å². The Kier molecular flexibility index (Phi) is 2.94. The lowest BCUT2D eigenvalue weighted by Gasteiger charge is -2.42. The Balaban J connectivity index is 2.14. The molecule has 1 aliphatic rings. The Bertz CT molecular complexity index is 373. The van der Waals surface area contributed by atoms with E-state index in [0.29, 0.717) is 0 Å². The van der Waals surface area contributed by atoms with Gasteiger partial charge in [0.25, 0.3) is 0 Å². The smallest absolute Gasteiger partial charge is 0.0766 e. The maximum absolute atomic E-state index is 10.1. The summed E-state index contributed by atoms with van der Waals surface area (Å²) in [6.07, 6.45) is 0.809. The molecule has 2 nitrogen and oxygen atoms in total. The highest BCUT2D eigenvalue weighted by atomic mass is 16.3. The monoisotopic (exact) mass is 219 g/mol. The summed E-state index contributed by atoms with van der Waals surface area (Å²) in [6.45, 7) is 8.17. The number of aryl methyl sites for hydroxylation is 1. The third-order valence-corrected chi connectivity index (χ3v) is 3.69. The van der Waals surface area contributed by atoms with E-state index in [-0.39, 0.29) is 11.5 Å². The first-order valence-corrected chi connectivity index (χ1v) is 5.99. The van der Waals surface area contributed by atoms with Crippen molar-refractivity contribution in [2.75, 3.05) is 18.0 Å². The number of piperidine rings is 1. The topological polar surface area (TPSA) is 23.5 Å². The maximum atomic E-state index is 10.1. The number of hydrogen-bond acceptors (Lipinski definition) is 2. The summed E-state index contributed by atoms with van der Waals surface area (Å²) < 4.78 is 0. The first-order valence-electron chi connectivity index (χ1n) is 5.99. The minimum atomic E-state index is -0.234. The fourth-order valence-corrected chi connectivity index (χ4v) is 2.20. The van der Waals surface area contributed by atoms with E-state index in [0.717, 1.165) is 19.5 Å². The Morgan fingerprint density at radius 2 is 2.12 bits per heavy atom. The summed E-state index contributed by atoms with van der Waals surface area (Å²) in [4.78, 5) is 2.28. The molecule has 1 saturated heterocycles. The largest absolute Gasteiger partial charge is 0.391 e. The van der Waals surface area contributed by atoms with Crippen LogP contribution in [0.5, 0.6) is 0 Å². The number of aliphatic hydroxyl groups is 1. The number of anilines is 1. The first-order chi connectivity index (χ1) is 7.49. The van der Waals surface area contributed by atoms with Gasteiger partial charge in [-0.25, -0.2) is 0 Å². The normalized spacial score (nSPS) is 24.5. The molecule has 1 aromatic rings. The second-order valence-electron chi connectivity index (χ2n) is 5.54. The van der Waals surface area contributed by atoms with Gasteiger partial charge < -0.3 is 10.0 Å². The summed E-state index contributed by atoms with van der Waals surface area (Å²) in [6, 6.07) is 8.49. The van der Waals surface area contributed by atoms with Crippen LogP contribution in [-0.4, -0.2) is 24.3 Å². The van der Waals surface area contributed by atoms with Crippen LogP contribution in [0.15, 0.2) is 24.3 Å². The molecule has 1 aromatic carbocycles. The van der Waals surface area contributed by atoms with Crippen molar-refractivity contribution in [1.82, 2.24) is 0 Å². The van der Waals surface area contributed by atoms with Crippen LogP contribution in [0.25, 0.3) is 0 Å². The van der Waals surface area contributed by atoms with Gasteiger partial charge in [-0.15, -0.1) is 0 Å². The highest BCUT2D eigenvalue weighted by molar-refractivity contribution is 5.49. The molecule has 2 rings (SSSR count). The van der Waals surface area contributed by atoms with Gasteiger partial charge in [-0.2, -0.15) is 0 Å². The first kappa shape index (κ1) is 11.5. The third-order valence-electron chi connectivity index (χ3n) is 3.69. The summed E-state index contributed by atoms with van der Waals surface area (Å²) in [5.74, 6) is 0. The molecule has 0 bridgehead atoms. The number of nitrogens with zero attached hydrogens (tertiary/aromatic N) is 1. The molecule has 1 fully saturated rings. The van der Waals surface area contributed by atoms with Crippen molar-refractivity contribution < 1.29 is 5.11 Å². The van der Waals surface area contributed by atoms with Gasteiger partial charge in [-0.1, -0.05) is 26.0 Å². The predicted molar refractivity (Wildman–Crippen MR) is 67.8 cm³/mol. The van der Waals surface area contributed by atoms with Crippen molar-refractivity contribution in [3.05, 3.63) is 29.8 Å². The minimum Gasteiger partial charge on any atom is -0.391 e. The lowest BCUT2D eigenvalue weighted by atomic mass is 9.80. The maximum Gasteiger partial charge on any atom is 0.0766 e. The summed E-state index contributed by atoms with van der Waals surface area (Å²) in [5.41, 5.74) is 2.56. The van der Waals surface area contributed by atoms with Gasteiger partial charge in [0, 0.05) is 18.8 Å². The van der Waals surface area contributed by atoms with Gasteiger partial charge in [0.1, 0.15) is 0 Å². The number of hydrogen-bond donors (Lipinski definition) is 1. The molecule has 0 saturated carbocycles. The Morgan fingerprint density at radius 3 is 2.75 bits per heavy atom. The van der Waals surface area contributed by atoms with Crippen molar-refractivity contribution in [2.24, 2.45) is 5.41 Å². The molecule has 0 amide bonds. The summed E-state index contributed by atoms with van der Waals surface area (Å²) in [7, 11) is 0. The molecule has 0 spiro atoms. The molecular weight excluding hydrogens is 198 g/mol. The molecule has 1 unspecified atom stereocenters. The fraction of sp³-hybridized carbons (Fsp3) is 0.571. The number of benzene rings is 1. The van der Waals surface area contributed by atoms with Crippen molar-refractivity contribution in [3.8, 4) is 0 Å². The van der Waals surface area contributed by atoms with Gasteiger partial charge in [-0.3, -0.25) is 0 Å². The van der Waals surface area contributed by atoms with E-state index in [1.54, 1.807) is 0 Å². The number of rotatable bonds is 1. The van der Waals surface area contributed by atoms with Crippen LogP contribution in [0, 0.1) is 12.3 Å². The van der Waals surface area contributed by atoms with Crippen LogP contribution < -0.4 is 4.90 Å². The molecule has 2 heteroatoms. The van der Waals surface area contributed by atoms with Gasteiger partial charge in [0.05, 0.1) is 6.10 Å². The van der Waals surface area contributed by atoms with E-state index in [1.165, 1.54) is 11.3 Å². The third kappa shape index (κ3) is 2.22. The fourth-order valence-electron chi connectivity index (χ4n) is 2.20. The lowest BCUT2D eigenvalue weighted by molar-refractivity contribution is 0.0351. The molecular formula is C14H21NO. The molecule has 0 radical (unpaired) electrons. The zero-order valence-corrected chi connectivity index (χ0v) is 10.4. The SMILES string of the molecule is Cc1cccc(N2CCC(C)(C)C(O)C2)c1. The van der Waals surface area contributed by atoms with Crippen LogP contribution in [0.3, 0.4) is 0 Å². The van der Waals surface area contributed by atoms with E-state index in [2.05, 4.69) is 49.9 Å². The van der Waals surface area contributed by atoms with Gasteiger partial charge in [-0.05, 0) is 36.5 Å². The number of aliphatic hydroxyl groups excluding tert-OH is 1. The summed E-state index contributed by atoms with van der Waals surface area (Å²) in [5, 5.41) is 10.1. The zero-order chi connectivity index (χ0) is 11.8. The molecule has 0 aliphatic carbocycles. The van der Waals surface area contributed by atoms with Crippen LogP contribution >= 0.6 is 0 Å². The van der Waals surface area contributed by atoms with E-state index >= 15 is 0 Å². The standard InChI is InChI=1S/C14H21NO/c1-11-5-4-6-12(9-11)15-8-7-14(2,3)13(16)10-15/h4-6,9,13,16H,7-8,10H2,1-3H3. The second-order valence-corrected chi connectivity index (χ2v) is 5.54. The molecule has 0 aromatic heterocycles. The molecule has 1 atom stereocenters. The van der Waals surface area contributed by atoms with E-state index in [1.807, 2.05) is 0 Å². The second kappa shape index (κ2) is 4.10. The molecule has 88 valence electrons. The molecule has 1 N–H and O–H groups in total. The van der Waals surface area contributed by atoms with Crippen molar-refractivity contribution >= 4 is 5.69 Å². The molecule has 1 heterocycles. The van der Waals surface area contributed by atoms with Crippen LogP contribution in [0.4, 0.5) is 5.69 Å². The lowest BCUT2D eigenvalue weighted by Crippen LogP contribution is -2.48.